The summed E-state index contributed by atoms with van der Waals surface area (Å²) in [6.07, 6.45) is 1.82. The number of aromatic nitrogens is 4. The zero-order chi connectivity index (χ0) is 22.1. The summed E-state index contributed by atoms with van der Waals surface area (Å²) in [4.78, 5) is 53.2. The van der Waals surface area contributed by atoms with Gasteiger partial charge in [-0.25, -0.2) is 20.6 Å². The summed E-state index contributed by atoms with van der Waals surface area (Å²) < 4.78 is 3.51. The number of rotatable bonds is 4. The van der Waals surface area contributed by atoms with E-state index in [0.29, 0.717) is 6.42 Å². The molecule has 3 heterocycles. The van der Waals surface area contributed by atoms with Gasteiger partial charge >= 0.3 is 5.69 Å². The third-order valence-electron chi connectivity index (χ3n) is 5.28. The number of hydrogen-bond acceptors (Lipinski definition) is 7. The average Bonchev–Trinajstić information content (AvgIpc) is 3.43. The maximum Gasteiger partial charge on any atom is 0.332 e. The van der Waals surface area contributed by atoms with E-state index in [0.717, 1.165) is 10.1 Å². The first-order valence-electron chi connectivity index (χ1n) is 9.62. The Bertz CT molecular complexity index is 1260. The summed E-state index contributed by atoms with van der Waals surface area (Å²) >= 11 is 0. The molecule has 2 amide bonds. The molecule has 0 spiro atoms. The van der Waals surface area contributed by atoms with Crippen LogP contribution in [0.1, 0.15) is 18.0 Å². The molecular weight excluding hydrogens is 404 g/mol. The number of carbonyl (C=O) groups excluding carboxylic acids is 2. The molecule has 0 radical (unpaired) electrons. The lowest BCUT2D eigenvalue weighted by atomic mass is 10.0. The second kappa shape index (κ2) is 8.16. The first-order chi connectivity index (χ1) is 14.9. The van der Waals surface area contributed by atoms with Crippen LogP contribution in [0.2, 0.25) is 0 Å². The molecule has 12 heteroatoms. The van der Waals surface area contributed by atoms with Crippen molar-refractivity contribution < 1.29 is 9.59 Å². The van der Waals surface area contributed by atoms with Gasteiger partial charge < -0.3 is 4.57 Å². The topological polar surface area (TPSA) is 144 Å². The van der Waals surface area contributed by atoms with Crippen LogP contribution in [-0.4, -0.2) is 36.5 Å². The Hall–Kier alpha value is -3.77. The standard InChI is InChI=1S/C19H22N8O4/c1-25-16-15(18(30)26(2)19(25)31)27(10-20-16)9-14(28)23-24-17(29)13-8-12(21-22-13)11-6-4-3-5-7-11/h3-7,10,12-13,21-22H,8-9H2,1-2H3,(H,23,28)(H,24,29). The van der Waals surface area contributed by atoms with Crippen LogP contribution >= 0.6 is 0 Å². The number of imidazole rings is 1. The second-order valence-corrected chi connectivity index (χ2v) is 7.33. The van der Waals surface area contributed by atoms with Crippen molar-refractivity contribution in [2.75, 3.05) is 0 Å². The third kappa shape index (κ3) is 3.85. The van der Waals surface area contributed by atoms with Crippen LogP contribution in [0.4, 0.5) is 0 Å². The molecule has 0 aliphatic carbocycles. The van der Waals surface area contributed by atoms with E-state index < -0.39 is 29.1 Å². The molecule has 1 aliphatic rings. The molecule has 2 atom stereocenters. The largest absolute Gasteiger partial charge is 0.332 e. The first kappa shape index (κ1) is 20.5. The van der Waals surface area contributed by atoms with Crippen molar-refractivity contribution in [2.24, 2.45) is 14.1 Å². The Morgan fingerprint density at radius 1 is 1.10 bits per heavy atom. The van der Waals surface area contributed by atoms with Crippen molar-refractivity contribution in [1.82, 2.24) is 40.4 Å². The molecule has 1 aromatic carbocycles. The number of aryl methyl sites for hydroxylation is 1. The van der Waals surface area contributed by atoms with E-state index in [-0.39, 0.29) is 23.8 Å². The molecule has 3 aromatic rings. The minimum absolute atomic E-state index is 0.0205. The molecule has 12 nitrogen and oxygen atoms in total. The lowest BCUT2D eigenvalue weighted by molar-refractivity contribution is -0.130. The fourth-order valence-electron chi connectivity index (χ4n) is 3.56. The molecule has 31 heavy (non-hydrogen) atoms. The van der Waals surface area contributed by atoms with Gasteiger partial charge in [-0.15, -0.1) is 0 Å². The summed E-state index contributed by atoms with van der Waals surface area (Å²) in [7, 11) is 2.85. The van der Waals surface area contributed by atoms with Gasteiger partial charge in [-0.1, -0.05) is 30.3 Å². The highest BCUT2D eigenvalue weighted by Crippen LogP contribution is 2.21. The first-order valence-corrected chi connectivity index (χ1v) is 9.62. The van der Waals surface area contributed by atoms with Crippen molar-refractivity contribution in [3.63, 3.8) is 0 Å². The predicted octanol–water partition coefficient (Wildman–Crippen LogP) is -1.81. The summed E-state index contributed by atoms with van der Waals surface area (Å²) in [5.74, 6) is -0.942. The normalized spacial score (nSPS) is 18.3. The minimum Gasteiger partial charge on any atom is -0.315 e. The Morgan fingerprint density at radius 3 is 2.58 bits per heavy atom. The molecular formula is C19H22N8O4. The lowest BCUT2D eigenvalue weighted by Crippen LogP contribution is -2.50. The van der Waals surface area contributed by atoms with Crippen molar-refractivity contribution in [3.8, 4) is 0 Å². The van der Waals surface area contributed by atoms with Gasteiger partial charge in [0.15, 0.2) is 11.2 Å². The van der Waals surface area contributed by atoms with Gasteiger partial charge in [-0.2, -0.15) is 0 Å². The Labute approximate surface area is 175 Å². The Morgan fingerprint density at radius 2 is 1.84 bits per heavy atom. The summed E-state index contributed by atoms with van der Waals surface area (Å²) in [6, 6.07) is 9.16. The summed E-state index contributed by atoms with van der Waals surface area (Å²) in [5.41, 5.74) is 11.0. The maximum absolute atomic E-state index is 12.4. The van der Waals surface area contributed by atoms with Crippen LogP contribution in [-0.2, 0) is 30.2 Å². The van der Waals surface area contributed by atoms with E-state index in [1.807, 2.05) is 30.3 Å². The zero-order valence-electron chi connectivity index (χ0n) is 17.0. The van der Waals surface area contributed by atoms with Crippen molar-refractivity contribution in [3.05, 3.63) is 63.1 Å². The van der Waals surface area contributed by atoms with Crippen LogP contribution in [0.25, 0.3) is 11.2 Å². The maximum atomic E-state index is 12.4. The fraction of sp³-hybridized carbons (Fsp3) is 0.316. The predicted molar refractivity (Wildman–Crippen MR) is 110 cm³/mol. The quantitative estimate of drug-likeness (QED) is 0.360. The van der Waals surface area contributed by atoms with Gasteiger partial charge in [0.2, 0.25) is 0 Å². The van der Waals surface area contributed by atoms with E-state index in [1.165, 1.54) is 29.6 Å². The number of carbonyl (C=O) groups is 2. The molecule has 0 bridgehead atoms. The van der Waals surface area contributed by atoms with Gasteiger partial charge in [0, 0.05) is 20.1 Å². The number of amides is 2. The highest BCUT2D eigenvalue weighted by molar-refractivity contribution is 5.86. The number of nitrogens with one attached hydrogen (secondary N) is 4. The number of hydrogen-bond donors (Lipinski definition) is 4. The molecule has 162 valence electrons. The highest BCUT2D eigenvalue weighted by Gasteiger charge is 2.30. The highest BCUT2D eigenvalue weighted by atomic mass is 16.2. The van der Waals surface area contributed by atoms with E-state index in [9.17, 15) is 19.2 Å². The molecule has 4 N–H and O–H groups in total. The molecule has 2 aromatic heterocycles. The molecule has 4 rings (SSSR count). The number of benzene rings is 1. The number of hydrazine groups is 2. The molecule has 2 unspecified atom stereocenters. The second-order valence-electron chi connectivity index (χ2n) is 7.33. The monoisotopic (exact) mass is 426 g/mol. The summed E-state index contributed by atoms with van der Waals surface area (Å²) in [5, 5.41) is 0. The van der Waals surface area contributed by atoms with E-state index in [4.69, 9.17) is 0 Å². The Balaban J connectivity index is 1.37. The third-order valence-corrected chi connectivity index (χ3v) is 5.28. The van der Waals surface area contributed by atoms with E-state index in [1.54, 1.807) is 0 Å². The number of fused-ring (bicyclic) bond motifs is 1. The van der Waals surface area contributed by atoms with Crippen molar-refractivity contribution >= 4 is 23.0 Å². The Kier molecular flexibility index (Phi) is 5.40. The van der Waals surface area contributed by atoms with Crippen LogP contribution < -0.4 is 33.0 Å². The van der Waals surface area contributed by atoms with Crippen LogP contribution in [0.5, 0.6) is 0 Å². The van der Waals surface area contributed by atoms with Gasteiger partial charge in [0.1, 0.15) is 12.6 Å². The molecule has 1 aliphatic heterocycles. The van der Waals surface area contributed by atoms with Crippen molar-refractivity contribution in [2.45, 2.75) is 25.0 Å². The average molecular weight is 426 g/mol. The lowest BCUT2D eigenvalue weighted by Gasteiger charge is -2.12. The summed E-state index contributed by atoms with van der Waals surface area (Å²) in [6.45, 7) is -0.257. The molecule has 0 saturated carbocycles. The van der Waals surface area contributed by atoms with Crippen molar-refractivity contribution in [1.29, 1.82) is 0 Å². The number of nitrogens with zero attached hydrogens (tertiary/aromatic N) is 4. The minimum atomic E-state index is -0.555. The van der Waals surface area contributed by atoms with Gasteiger partial charge in [-0.05, 0) is 12.0 Å². The smallest absolute Gasteiger partial charge is 0.315 e. The van der Waals surface area contributed by atoms with Gasteiger partial charge in [-0.3, -0.25) is 34.4 Å². The van der Waals surface area contributed by atoms with Gasteiger partial charge in [0.25, 0.3) is 17.4 Å². The van der Waals surface area contributed by atoms with Crippen LogP contribution in [0.3, 0.4) is 0 Å². The molecule has 1 saturated heterocycles. The SMILES string of the molecule is Cn1c(=O)c2c(ncn2CC(=O)NNC(=O)C2CC(c3ccccc3)NN2)n(C)c1=O. The van der Waals surface area contributed by atoms with Gasteiger partial charge in [0.05, 0.1) is 6.33 Å². The van der Waals surface area contributed by atoms with Crippen LogP contribution in [0, 0.1) is 0 Å². The zero-order valence-corrected chi connectivity index (χ0v) is 17.0. The molecule has 1 fully saturated rings. The van der Waals surface area contributed by atoms with E-state index in [2.05, 4.69) is 26.7 Å². The fourth-order valence-corrected chi connectivity index (χ4v) is 3.56. The van der Waals surface area contributed by atoms with Crippen LogP contribution in [0.15, 0.2) is 46.2 Å². The van der Waals surface area contributed by atoms with E-state index >= 15 is 0 Å².